The van der Waals surface area contributed by atoms with Gasteiger partial charge in [0.1, 0.15) is 12.3 Å². The van der Waals surface area contributed by atoms with Gasteiger partial charge in [-0.25, -0.2) is 0 Å². The number of carbonyl (C=O) groups excluding carboxylic acids is 1. The maximum atomic E-state index is 10.8. The van der Waals surface area contributed by atoms with Gasteiger partial charge in [0.15, 0.2) is 0 Å². The molecule has 0 aliphatic carbocycles. The van der Waals surface area contributed by atoms with Crippen LogP contribution in [-0.4, -0.2) is 26.5 Å². The zero-order valence-corrected chi connectivity index (χ0v) is 9.12. The van der Waals surface area contributed by atoms with Crippen LogP contribution in [0, 0.1) is 10.1 Å². The Kier molecular flexibility index (Phi) is 3.98. The van der Waals surface area contributed by atoms with E-state index in [0.29, 0.717) is 13.0 Å². The van der Waals surface area contributed by atoms with Crippen molar-refractivity contribution >= 4 is 11.8 Å². The lowest BCUT2D eigenvalue weighted by molar-refractivity contribution is -0.389. The summed E-state index contributed by atoms with van der Waals surface area (Å²) < 4.78 is 6.55. The summed E-state index contributed by atoms with van der Waals surface area (Å²) in [4.78, 5) is 24.2. The SMILES string of the molecule is CCC(Cn1cnc([N+](=O)[O-])c1)OC(C)=O. The fraction of sp³-hybridized carbons (Fsp3) is 0.556. The molecule has 7 heteroatoms. The Morgan fingerprint density at radius 3 is 2.88 bits per heavy atom. The highest BCUT2D eigenvalue weighted by Crippen LogP contribution is 2.09. The van der Waals surface area contributed by atoms with E-state index in [9.17, 15) is 14.9 Å². The summed E-state index contributed by atoms with van der Waals surface area (Å²) in [5.74, 6) is -0.570. The molecular weight excluding hydrogens is 214 g/mol. The molecule has 16 heavy (non-hydrogen) atoms. The van der Waals surface area contributed by atoms with Gasteiger partial charge in [-0.05, 0) is 16.3 Å². The molecule has 0 aromatic carbocycles. The molecule has 88 valence electrons. The molecule has 1 unspecified atom stereocenters. The van der Waals surface area contributed by atoms with Gasteiger partial charge in [0, 0.05) is 6.92 Å². The molecule has 0 saturated carbocycles. The summed E-state index contributed by atoms with van der Waals surface area (Å²) in [5.41, 5.74) is 0. The summed E-state index contributed by atoms with van der Waals surface area (Å²) in [6.07, 6.45) is 3.02. The fourth-order valence-electron chi connectivity index (χ4n) is 1.26. The van der Waals surface area contributed by atoms with Crippen LogP contribution in [0.4, 0.5) is 5.82 Å². The number of nitrogens with zero attached hydrogens (tertiary/aromatic N) is 3. The monoisotopic (exact) mass is 227 g/mol. The molecule has 1 rings (SSSR count). The molecular formula is C9H13N3O4. The average molecular weight is 227 g/mol. The number of aromatic nitrogens is 2. The molecule has 0 aliphatic rings. The standard InChI is InChI=1S/C9H13N3O4/c1-3-8(16-7(2)13)4-11-5-9(10-6-11)12(14)15/h5-6,8H,3-4H2,1-2H3. The molecule has 0 fully saturated rings. The van der Waals surface area contributed by atoms with E-state index in [1.165, 1.54) is 24.0 Å². The maximum absolute atomic E-state index is 10.8. The van der Waals surface area contributed by atoms with Crippen LogP contribution in [0.5, 0.6) is 0 Å². The number of rotatable bonds is 5. The van der Waals surface area contributed by atoms with Gasteiger partial charge in [-0.15, -0.1) is 0 Å². The van der Waals surface area contributed by atoms with Crippen LogP contribution in [0.15, 0.2) is 12.5 Å². The third-order valence-corrected chi connectivity index (χ3v) is 2.01. The molecule has 7 nitrogen and oxygen atoms in total. The summed E-state index contributed by atoms with van der Waals surface area (Å²) in [6.45, 7) is 3.58. The number of esters is 1. The summed E-state index contributed by atoms with van der Waals surface area (Å²) in [6, 6.07) is 0. The van der Waals surface area contributed by atoms with E-state index in [0.717, 1.165) is 0 Å². The molecule has 0 N–H and O–H groups in total. The van der Waals surface area contributed by atoms with Crippen molar-refractivity contribution in [2.24, 2.45) is 0 Å². The number of nitro groups is 1. The van der Waals surface area contributed by atoms with Crippen molar-refractivity contribution in [1.82, 2.24) is 9.55 Å². The Bertz CT molecular complexity index is 388. The van der Waals surface area contributed by atoms with E-state index in [2.05, 4.69) is 4.98 Å². The lowest BCUT2D eigenvalue weighted by Crippen LogP contribution is -2.21. The third kappa shape index (κ3) is 3.34. The summed E-state index contributed by atoms with van der Waals surface area (Å²) in [7, 11) is 0. The summed E-state index contributed by atoms with van der Waals surface area (Å²) in [5, 5.41) is 10.4. The van der Waals surface area contributed by atoms with Gasteiger partial charge in [0.25, 0.3) is 0 Å². The first kappa shape index (κ1) is 12.2. The average Bonchev–Trinajstić information content (AvgIpc) is 2.64. The van der Waals surface area contributed by atoms with Crippen LogP contribution in [0.1, 0.15) is 20.3 Å². The highest BCUT2D eigenvalue weighted by Gasteiger charge is 2.14. The van der Waals surface area contributed by atoms with Crippen molar-refractivity contribution in [3.63, 3.8) is 0 Å². The van der Waals surface area contributed by atoms with Gasteiger partial charge in [-0.2, -0.15) is 0 Å². The second-order valence-corrected chi connectivity index (χ2v) is 3.33. The van der Waals surface area contributed by atoms with Gasteiger partial charge in [-0.1, -0.05) is 6.92 Å². The van der Waals surface area contributed by atoms with E-state index in [4.69, 9.17) is 4.74 Å². The van der Waals surface area contributed by atoms with E-state index < -0.39 is 4.92 Å². The van der Waals surface area contributed by atoms with Crippen LogP contribution in [-0.2, 0) is 16.1 Å². The first-order valence-corrected chi connectivity index (χ1v) is 4.86. The van der Waals surface area contributed by atoms with Gasteiger partial charge < -0.3 is 19.4 Å². The van der Waals surface area contributed by atoms with Gasteiger partial charge >= 0.3 is 11.8 Å². The highest BCUT2D eigenvalue weighted by atomic mass is 16.6. The predicted molar refractivity (Wildman–Crippen MR) is 54.7 cm³/mol. The van der Waals surface area contributed by atoms with E-state index >= 15 is 0 Å². The minimum absolute atomic E-state index is 0.210. The fourth-order valence-corrected chi connectivity index (χ4v) is 1.26. The molecule has 1 atom stereocenters. The minimum Gasteiger partial charge on any atom is -0.461 e. The van der Waals surface area contributed by atoms with Crippen molar-refractivity contribution in [3.05, 3.63) is 22.6 Å². The van der Waals surface area contributed by atoms with E-state index in [-0.39, 0.29) is 17.9 Å². The third-order valence-electron chi connectivity index (χ3n) is 2.01. The molecule has 0 radical (unpaired) electrons. The second-order valence-electron chi connectivity index (χ2n) is 3.33. The van der Waals surface area contributed by atoms with Crippen molar-refractivity contribution < 1.29 is 14.5 Å². The number of carbonyl (C=O) groups is 1. The molecule has 0 aliphatic heterocycles. The van der Waals surface area contributed by atoms with Crippen molar-refractivity contribution in [1.29, 1.82) is 0 Å². The Hall–Kier alpha value is -1.92. The molecule has 0 saturated heterocycles. The number of hydrogen-bond acceptors (Lipinski definition) is 5. The van der Waals surface area contributed by atoms with Crippen LogP contribution in [0.3, 0.4) is 0 Å². The first-order valence-electron chi connectivity index (χ1n) is 4.86. The Labute approximate surface area is 92.2 Å². The van der Waals surface area contributed by atoms with Gasteiger partial charge in [-0.3, -0.25) is 4.79 Å². The van der Waals surface area contributed by atoms with Crippen LogP contribution in [0.2, 0.25) is 0 Å². The molecule has 0 bridgehead atoms. The zero-order chi connectivity index (χ0) is 12.1. The molecule has 0 amide bonds. The number of hydrogen-bond donors (Lipinski definition) is 0. The van der Waals surface area contributed by atoms with Crippen molar-refractivity contribution in [3.8, 4) is 0 Å². The highest BCUT2D eigenvalue weighted by molar-refractivity contribution is 5.66. The number of imidazole rings is 1. The van der Waals surface area contributed by atoms with Crippen molar-refractivity contribution in [2.45, 2.75) is 32.9 Å². The minimum atomic E-state index is -0.566. The first-order chi connectivity index (χ1) is 7.52. The lowest BCUT2D eigenvalue weighted by atomic mass is 10.3. The smallest absolute Gasteiger partial charge is 0.381 e. The normalized spacial score (nSPS) is 12.1. The van der Waals surface area contributed by atoms with Gasteiger partial charge in [0.2, 0.25) is 6.33 Å². The number of ether oxygens (including phenoxy) is 1. The van der Waals surface area contributed by atoms with Crippen LogP contribution >= 0.6 is 0 Å². The zero-order valence-electron chi connectivity index (χ0n) is 9.12. The Morgan fingerprint density at radius 2 is 2.44 bits per heavy atom. The Morgan fingerprint density at radius 1 is 1.75 bits per heavy atom. The van der Waals surface area contributed by atoms with E-state index in [1.54, 1.807) is 0 Å². The predicted octanol–water partition coefficient (Wildman–Crippen LogP) is 1.13. The Balaban J connectivity index is 2.63. The van der Waals surface area contributed by atoms with Crippen molar-refractivity contribution in [2.75, 3.05) is 0 Å². The largest absolute Gasteiger partial charge is 0.461 e. The molecule has 0 spiro atoms. The molecule has 1 aromatic heterocycles. The van der Waals surface area contributed by atoms with Gasteiger partial charge in [0.05, 0.1) is 6.54 Å². The maximum Gasteiger partial charge on any atom is 0.381 e. The molecule has 1 aromatic rings. The van der Waals surface area contributed by atoms with Crippen LogP contribution in [0.25, 0.3) is 0 Å². The molecule has 1 heterocycles. The summed E-state index contributed by atoms with van der Waals surface area (Å²) >= 11 is 0. The topological polar surface area (TPSA) is 87.3 Å². The van der Waals surface area contributed by atoms with Crippen LogP contribution < -0.4 is 0 Å². The van der Waals surface area contributed by atoms with E-state index in [1.807, 2.05) is 6.92 Å². The quantitative estimate of drug-likeness (QED) is 0.427. The lowest BCUT2D eigenvalue weighted by Gasteiger charge is -2.14. The second kappa shape index (κ2) is 5.24.